The number of nitrogen functional groups attached to an aromatic ring is 1. The molecule has 1 nitrogen and oxygen atoms in total. The van der Waals surface area contributed by atoms with Gasteiger partial charge >= 0.3 is 0 Å². The van der Waals surface area contributed by atoms with Crippen molar-refractivity contribution in [1.29, 1.82) is 0 Å². The minimum Gasteiger partial charge on any atom is -0.398 e. The summed E-state index contributed by atoms with van der Waals surface area (Å²) in [6.45, 7) is 0. The van der Waals surface area contributed by atoms with Crippen LogP contribution in [0.3, 0.4) is 0 Å². The second-order valence-electron chi connectivity index (χ2n) is 3.24. The smallest absolute Gasteiger partial charge is 0.0456 e. The Bertz CT molecular complexity index is 516. The quantitative estimate of drug-likeness (QED) is 0.803. The third-order valence-corrected chi connectivity index (χ3v) is 3.79. The van der Waals surface area contributed by atoms with Crippen LogP contribution in [0.15, 0.2) is 56.7 Å². The summed E-state index contributed by atoms with van der Waals surface area (Å²) in [4.78, 5) is 2.11. The van der Waals surface area contributed by atoms with Gasteiger partial charge in [0.15, 0.2) is 0 Å². The van der Waals surface area contributed by atoms with Gasteiger partial charge in [-0.1, -0.05) is 45.4 Å². The number of nitrogens with two attached hydrogens (primary N) is 1. The second-order valence-corrected chi connectivity index (χ2v) is 5.71. The van der Waals surface area contributed by atoms with Crippen LogP contribution in [0, 0.1) is 0 Å². The molecular weight excluding hydrogens is 306 g/mol. The van der Waals surface area contributed by atoms with Crippen LogP contribution in [-0.4, -0.2) is 0 Å². The number of anilines is 1. The van der Waals surface area contributed by atoms with E-state index in [9.17, 15) is 0 Å². The third-order valence-electron chi connectivity index (χ3n) is 2.00. The topological polar surface area (TPSA) is 26.0 Å². The fraction of sp³-hybridized carbons (Fsp3) is 0. The first-order valence-electron chi connectivity index (χ1n) is 4.63. The molecule has 0 aliphatic heterocycles. The number of hydrogen-bond acceptors (Lipinski definition) is 2. The predicted octanol–water partition coefficient (Wildman–Crippen LogP) is 4.84. The summed E-state index contributed by atoms with van der Waals surface area (Å²) in [7, 11) is 0. The Balaban J connectivity index is 2.30. The largest absolute Gasteiger partial charge is 0.398 e. The van der Waals surface area contributed by atoms with Gasteiger partial charge in [-0.05, 0) is 36.4 Å². The lowest BCUT2D eigenvalue weighted by atomic mass is 10.3. The Labute approximate surface area is 112 Å². The van der Waals surface area contributed by atoms with Gasteiger partial charge < -0.3 is 5.73 Å². The molecule has 0 heterocycles. The van der Waals surface area contributed by atoms with Crippen LogP contribution < -0.4 is 5.73 Å². The van der Waals surface area contributed by atoms with Crippen molar-refractivity contribution >= 4 is 45.0 Å². The molecule has 0 aliphatic carbocycles. The van der Waals surface area contributed by atoms with Crippen LogP contribution in [0.5, 0.6) is 0 Å². The van der Waals surface area contributed by atoms with Gasteiger partial charge in [-0.15, -0.1) is 0 Å². The molecule has 0 bridgehead atoms. The van der Waals surface area contributed by atoms with E-state index in [0.717, 1.165) is 20.0 Å². The van der Waals surface area contributed by atoms with E-state index >= 15 is 0 Å². The van der Waals surface area contributed by atoms with E-state index in [1.54, 1.807) is 17.8 Å². The highest BCUT2D eigenvalue weighted by atomic mass is 79.9. The lowest BCUT2D eigenvalue weighted by molar-refractivity contribution is 1.39. The molecular formula is C12H9BrClNS. The first kappa shape index (κ1) is 11.8. The molecule has 0 spiro atoms. The molecule has 4 heteroatoms. The van der Waals surface area contributed by atoms with Crippen molar-refractivity contribution in [3.63, 3.8) is 0 Å². The standard InChI is InChI=1S/C12H9BrClNS/c13-8-2-1-3-10(6-8)16-12-7-9(14)4-5-11(12)15/h1-7H,15H2. The minimum absolute atomic E-state index is 0.701. The van der Waals surface area contributed by atoms with Crippen molar-refractivity contribution in [3.8, 4) is 0 Å². The first-order valence-corrected chi connectivity index (χ1v) is 6.62. The maximum Gasteiger partial charge on any atom is 0.0456 e. The maximum atomic E-state index is 5.94. The number of rotatable bonds is 2. The molecule has 2 aromatic rings. The summed E-state index contributed by atoms with van der Waals surface area (Å²) in [5.41, 5.74) is 6.63. The number of hydrogen-bond donors (Lipinski definition) is 1. The van der Waals surface area contributed by atoms with E-state index in [1.807, 2.05) is 36.4 Å². The van der Waals surface area contributed by atoms with Crippen LogP contribution in [0.1, 0.15) is 0 Å². The Morgan fingerprint density at radius 3 is 2.69 bits per heavy atom. The number of benzene rings is 2. The third kappa shape index (κ3) is 2.94. The normalized spacial score (nSPS) is 10.4. The molecule has 0 atom stereocenters. The highest BCUT2D eigenvalue weighted by Crippen LogP contribution is 2.34. The average molecular weight is 315 g/mol. The molecule has 82 valence electrons. The van der Waals surface area contributed by atoms with E-state index in [-0.39, 0.29) is 0 Å². The molecule has 0 unspecified atom stereocenters. The monoisotopic (exact) mass is 313 g/mol. The molecule has 16 heavy (non-hydrogen) atoms. The van der Waals surface area contributed by atoms with Crippen molar-refractivity contribution in [3.05, 3.63) is 52.0 Å². The Morgan fingerprint density at radius 2 is 1.94 bits per heavy atom. The molecule has 0 radical (unpaired) electrons. The van der Waals surface area contributed by atoms with Crippen molar-refractivity contribution in [2.45, 2.75) is 9.79 Å². The van der Waals surface area contributed by atoms with Gasteiger partial charge in [0, 0.05) is 25.0 Å². The zero-order valence-electron chi connectivity index (χ0n) is 8.28. The van der Waals surface area contributed by atoms with Gasteiger partial charge in [0.1, 0.15) is 0 Å². The van der Waals surface area contributed by atoms with Crippen LogP contribution in [-0.2, 0) is 0 Å². The summed E-state index contributed by atoms with van der Waals surface area (Å²) in [6, 6.07) is 13.6. The van der Waals surface area contributed by atoms with Crippen LogP contribution in [0.2, 0.25) is 5.02 Å². The lowest BCUT2D eigenvalue weighted by Gasteiger charge is -2.06. The summed E-state index contributed by atoms with van der Waals surface area (Å²) < 4.78 is 1.05. The summed E-state index contributed by atoms with van der Waals surface area (Å²) in [6.07, 6.45) is 0. The van der Waals surface area contributed by atoms with Gasteiger partial charge in [0.2, 0.25) is 0 Å². The molecule has 2 rings (SSSR count). The summed E-state index contributed by atoms with van der Waals surface area (Å²) >= 11 is 11.0. The second kappa shape index (κ2) is 5.13. The lowest BCUT2D eigenvalue weighted by Crippen LogP contribution is -1.87. The molecule has 0 amide bonds. The van der Waals surface area contributed by atoms with Gasteiger partial charge in [0.05, 0.1) is 0 Å². The molecule has 0 saturated heterocycles. The minimum atomic E-state index is 0.701. The highest BCUT2D eigenvalue weighted by Gasteiger charge is 2.03. The van der Waals surface area contributed by atoms with E-state index < -0.39 is 0 Å². The van der Waals surface area contributed by atoms with E-state index in [0.29, 0.717) is 5.02 Å². The maximum absolute atomic E-state index is 5.94. The fourth-order valence-electron chi connectivity index (χ4n) is 1.25. The highest BCUT2D eigenvalue weighted by molar-refractivity contribution is 9.10. The molecule has 0 saturated carbocycles. The van der Waals surface area contributed by atoms with Crippen molar-refractivity contribution in [2.75, 3.05) is 5.73 Å². The van der Waals surface area contributed by atoms with Crippen LogP contribution in [0.25, 0.3) is 0 Å². The molecule has 0 fully saturated rings. The Morgan fingerprint density at radius 1 is 1.12 bits per heavy atom. The SMILES string of the molecule is Nc1ccc(Cl)cc1Sc1cccc(Br)c1. The van der Waals surface area contributed by atoms with Gasteiger partial charge in [-0.25, -0.2) is 0 Å². The molecule has 0 aromatic heterocycles. The van der Waals surface area contributed by atoms with Gasteiger partial charge in [-0.3, -0.25) is 0 Å². The van der Waals surface area contributed by atoms with Gasteiger partial charge in [0.25, 0.3) is 0 Å². The average Bonchev–Trinajstić information content (AvgIpc) is 2.24. The zero-order chi connectivity index (χ0) is 11.5. The van der Waals surface area contributed by atoms with E-state index in [1.165, 1.54) is 0 Å². The van der Waals surface area contributed by atoms with Crippen molar-refractivity contribution < 1.29 is 0 Å². The van der Waals surface area contributed by atoms with Crippen LogP contribution in [0.4, 0.5) is 5.69 Å². The number of halogens is 2. The summed E-state index contributed by atoms with van der Waals surface area (Å²) in [5.74, 6) is 0. The van der Waals surface area contributed by atoms with E-state index in [4.69, 9.17) is 17.3 Å². The molecule has 2 N–H and O–H groups in total. The van der Waals surface area contributed by atoms with Crippen molar-refractivity contribution in [2.24, 2.45) is 0 Å². The van der Waals surface area contributed by atoms with Gasteiger partial charge in [-0.2, -0.15) is 0 Å². The molecule has 2 aromatic carbocycles. The fourth-order valence-corrected chi connectivity index (χ4v) is 3.00. The molecule has 0 aliphatic rings. The Kier molecular flexibility index (Phi) is 3.79. The van der Waals surface area contributed by atoms with E-state index in [2.05, 4.69) is 15.9 Å². The first-order chi connectivity index (χ1) is 7.65. The zero-order valence-corrected chi connectivity index (χ0v) is 11.4. The predicted molar refractivity (Wildman–Crippen MR) is 74.1 cm³/mol. The van der Waals surface area contributed by atoms with Crippen molar-refractivity contribution in [1.82, 2.24) is 0 Å². The summed E-state index contributed by atoms with van der Waals surface area (Å²) in [5, 5.41) is 0.701. The van der Waals surface area contributed by atoms with Crippen LogP contribution >= 0.6 is 39.3 Å². The Hall–Kier alpha value is -0.640.